The van der Waals surface area contributed by atoms with Gasteiger partial charge in [0, 0.05) is 32.6 Å². The molecule has 3 rings (SSSR count). The predicted molar refractivity (Wildman–Crippen MR) is 127 cm³/mol. The van der Waals surface area contributed by atoms with Crippen molar-refractivity contribution in [3.63, 3.8) is 0 Å². The monoisotopic (exact) mass is 494 g/mol. The summed E-state index contributed by atoms with van der Waals surface area (Å²) in [4.78, 5) is 18.4. The number of nitrogens with zero attached hydrogens (tertiary/aromatic N) is 2. The van der Waals surface area contributed by atoms with Gasteiger partial charge in [-0.3, -0.25) is 9.79 Å². The number of halogens is 1. The lowest BCUT2D eigenvalue weighted by molar-refractivity contribution is -0.119. The molecule has 1 aliphatic rings. The van der Waals surface area contributed by atoms with E-state index in [-0.39, 0.29) is 29.9 Å². The largest absolute Gasteiger partial charge is 0.370 e. The third kappa shape index (κ3) is 6.36. The number of likely N-dealkylation sites (tertiary alicyclic amines) is 1. The Hall–Kier alpha value is -1.83. The van der Waals surface area contributed by atoms with Crippen LogP contribution < -0.4 is 11.1 Å². The van der Waals surface area contributed by atoms with Crippen molar-refractivity contribution >= 4 is 46.6 Å². The van der Waals surface area contributed by atoms with Gasteiger partial charge in [0.2, 0.25) is 5.91 Å². The van der Waals surface area contributed by atoms with Crippen LogP contribution in [0.5, 0.6) is 0 Å². The van der Waals surface area contributed by atoms with Crippen molar-refractivity contribution in [1.29, 1.82) is 0 Å². The Balaban J connectivity index is 0.00000280. The lowest BCUT2D eigenvalue weighted by Gasteiger charge is -2.34. The lowest BCUT2D eigenvalue weighted by Crippen LogP contribution is -2.47. The molecular weight excluding hydrogens is 463 g/mol. The summed E-state index contributed by atoms with van der Waals surface area (Å²) in [7, 11) is 0. The number of nitrogens with two attached hydrogens (primary N) is 1. The minimum Gasteiger partial charge on any atom is -0.370 e. The van der Waals surface area contributed by atoms with Gasteiger partial charge in [0.15, 0.2) is 5.96 Å². The number of guanidine groups is 1. The Kier molecular flexibility index (Phi) is 9.02. The van der Waals surface area contributed by atoms with Crippen LogP contribution in [0, 0.1) is 5.92 Å². The zero-order valence-electron chi connectivity index (χ0n) is 16.6. The van der Waals surface area contributed by atoms with E-state index in [4.69, 9.17) is 10.7 Å². The number of carbonyl (C=O) groups is 1. The van der Waals surface area contributed by atoms with Gasteiger partial charge in [-0.25, -0.2) is 0 Å². The van der Waals surface area contributed by atoms with Crippen LogP contribution >= 0.6 is 24.0 Å². The molecule has 1 unspecified atom stereocenters. The topological polar surface area (TPSA) is 70.7 Å². The molecule has 1 amide bonds. The van der Waals surface area contributed by atoms with Gasteiger partial charge in [0.05, 0.1) is 0 Å². The van der Waals surface area contributed by atoms with Crippen molar-refractivity contribution in [1.82, 2.24) is 10.2 Å². The van der Waals surface area contributed by atoms with Crippen LogP contribution in [0.15, 0.2) is 47.5 Å². The van der Waals surface area contributed by atoms with Crippen LogP contribution in [-0.4, -0.2) is 42.9 Å². The minimum atomic E-state index is -0.208. The predicted octanol–water partition coefficient (Wildman–Crippen LogP) is 3.55. The number of fused-ring (bicyclic) bond motifs is 1. The zero-order valence-corrected chi connectivity index (χ0v) is 18.9. The quantitative estimate of drug-likeness (QED) is 0.367. The number of carbonyl (C=O) groups excluding carboxylic acids is 1. The first-order valence-corrected chi connectivity index (χ1v) is 9.95. The molecule has 0 bridgehead atoms. The number of primary amides is 1. The van der Waals surface area contributed by atoms with Gasteiger partial charge in [-0.2, -0.15) is 0 Å². The zero-order chi connectivity index (χ0) is 19.1. The van der Waals surface area contributed by atoms with E-state index in [9.17, 15) is 4.79 Å². The van der Waals surface area contributed by atoms with Gasteiger partial charge in [-0.05, 0) is 48.4 Å². The summed E-state index contributed by atoms with van der Waals surface area (Å²) < 4.78 is 0. The Bertz CT molecular complexity index is 808. The standard InChI is InChI=1S/C22H30N4O.HI/c1-2-24-22(26-13-5-6-18(16-26)15-21(23)27)25-12-11-17-9-10-19-7-3-4-8-20(19)14-17;/h3-4,7-10,14,18H,2,5-6,11-13,15-16H2,1H3,(H2,23,27)(H,24,25);1H. The summed E-state index contributed by atoms with van der Waals surface area (Å²) in [5.41, 5.74) is 6.69. The molecule has 2 aromatic rings. The van der Waals surface area contributed by atoms with E-state index in [0.29, 0.717) is 12.3 Å². The molecular formula is C22H31IN4O. The van der Waals surface area contributed by atoms with E-state index < -0.39 is 0 Å². The summed E-state index contributed by atoms with van der Waals surface area (Å²) >= 11 is 0. The summed E-state index contributed by atoms with van der Waals surface area (Å²) in [6.45, 7) is 5.51. The third-order valence-corrected chi connectivity index (χ3v) is 5.12. The van der Waals surface area contributed by atoms with Crippen molar-refractivity contribution < 1.29 is 4.79 Å². The van der Waals surface area contributed by atoms with Crippen LogP contribution in [0.4, 0.5) is 0 Å². The van der Waals surface area contributed by atoms with Gasteiger partial charge >= 0.3 is 0 Å². The summed E-state index contributed by atoms with van der Waals surface area (Å²) in [6.07, 6.45) is 3.52. The Morgan fingerprint density at radius 1 is 1.25 bits per heavy atom. The van der Waals surface area contributed by atoms with Crippen molar-refractivity contribution in [3.05, 3.63) is 48.0 Å². The van der Waals surface area contributed by atoms with Crippen LogP contribution in [0.2, 0.25) is 0 Å². The maximum absolute atomic E-state index is 11.2. The molecule has 2 aromatic carbocycles. The molecule has 0 aliphatic carbocycles. The van der Waals surface area contributed by atoms with E-state index in [1.807, 2.05) is 0 Å². The van der Waals surface area contributed by atoms with Crippen molar-refractivity contribution in [2.45, 2.75) is 32.6 Å². The average Bonchev–Trinajstić information content (AvgIpc) is 2.67. The molecule has 1 fully saturated rings. The van der Waals surface area contributed by atoms with Gasteiger partial charge < -0.3 is 16.0 Å². The van der Waals surface area contributed by atoms with E-state index >= 15 is 0 Å². The second-order valence-electron chi connectivity index (χ2n) is 7.29. The fraction of sp³-hybridized carbons (Fsp3) is 0.455. The lowest BCUT2D eigenvalue weighted by atomic mass is 9.95. The van der Waals surface area contributed by atoms with E-state index in [1.54, 1.807) is 0 Å². The normalized spacial score (nSPS) is 17.2. The number of rotatable bonds is 6. The molecule has 28 heavy (non-hydrogen) atoms. The van der Waals surface area contributed by atoms with Gasteiger partial charge in [0.25, 0.3) is 0 Å². The average molecular weight is 494 g/mol. The van der Waals surface area contributed by atoms with E-state index in [2.05, 4.69) is 59.6 Å². The molecule has 0 aromatic heterocycles. The fourth-order valence-electron chi connectivity index (χ4n) is 3.82. The SMILES string of the molecule is CCNC(=NCCc1ccc2ccccc2c1)N1CCCC(CC(N)=O)C1.I. The highest BCUT2D eigenvalue weighted by Gasteiger charge is 2.23. The fourth-order valence-corrected chi connectivity index (χ4v) is 3.82. The highest BCUT2D eigenvalue weighted by atomic mass is 127. The molecule has 6 heteroatoms. The van der Waals surface area contributed by atoms with Crippen LogP contribution in [0.1, 0.15) is 31.7 Å². The molecule has 5 nitrogen and oxygen atoms in total. The second kappa shape index (κ2) is 11.2. The van der Waals surface area contributed by atoms with Gasteiger partial charge in [-0.15, -0.1) is 24.0 Å². The smallest absolute Gasteiger partial charge is 0.217 e. The Morgan fingerprint density at radius 2 is 2.04 bits per heavy atom. The highest BCUT2D eigenvalue weighted by molar-refractivity contribution is 14.0. The number of nitrogens with one attached hydrogen (secondary N) is 1. The molecule has 1 heterocycles. The molecule has 152 valence electrons. The number of hydrogen-bond acceptors (Lipinski definition) is 2. The van der Waals surface area contributed by atoms with Crippen LogP contribution in [-0.2, 0) is 11.2 Å². The van der Waals surface area contributed by atoms with Crippen LogP contribution in [0.3, 0.4) is 0 Å². The maximum Gasteiger partial charge on any atom is 0.217 e. The number of aliphatic imine (C=N–C) groups is 1. The van der Waals surface area contributed by atoms with Crippen LogP contribution in [0.25, 0.3) is 10.8 Å². The van der Waals surface area contributed by atoms with Gasteiger partial charge in [-0.1, -0.05) is 42.5 Å². The minimum absolute atomic E-state index is 0. The first kappa shape index (κ1) is 22.5. The highest BCUT2D eigenvalue weighted by Crippen LogP contribution is 2.20. The Morgan fingerprint density at radius 3 is 2.79 bits per heavy atom. The van der Waals surface area contributed by atoms with Crippen molar-refractivity contribution in [3.8, 4) is 0 Å². The van der Waals surface area contributed by atoms with Gasteiger partial charge in [0.1, 0.15) is 0 Å². The number of benzene rings is 2. The molecule has 0 spiro atoms. The first-order chi connectivity index (χ1) is 13.2. The number of hydrogen-bond donors (Lipinski definition) is 2. The van der Waals surface area contributed by atoms with Crippen molar-refractivity contribution in [2.24, 2.45) is 16.6 Å². The van der Waals surface area contributed by atoms with Crippen molar-refractivity contribution in [2.75, 3.05) is 26.2 Å². The summed E-state index contributed by atoms with van der Waals surface area (Å²) in [5.74, 6) is 1.08. The third-order valence-electron chi connectivity index (χ3n) is 5.12. The molecule has 1 aliphatic heterocycles. The Labute approximate surface area is 184 Å². The molecule has 0 saturated carbocycles. The summed E-state index contributed by atoms with van der Waals surface area (Å²) in [5, 5.41) is 5.95. The number of amides is 1. The van der Waals surface area contributed by atoms with E-state index in [1.165, 1.54) is 16.3 Å². The number of piperidine rings is 1. The summed E-state index contributed by atoms with van der Waals surface area (Å²) in [6, 6.07) is 15.1. The maximum atomic E-state index is 11.2. The second-order valence-corrected chi connectivity index (χ2v) is 7.29. The molecule has 1 saturated heterocycles. The van der Waals surface area contributed by atoms with E-state index in [0.717, 1.165) is 51.4 Å². The first-order valence-electron chi connectivity index (χ1n) is 9.95. The molecule has 0 radical (unpaired) electrons. The molecule has 1 atom stereocenters. The molecule has 3 N–H and O–H groups in total.